The monoisotopic (exact) mass is 228 g/mol. The molecule has 3 heteroatoms. The number of nitrogens with one attached hydrogen (secondary N) is 1. The van der Waals surface area contributed by atoms with Gasteiger partial charge in [0.15, 0.2) is 6.67 Å². The first-order chi connectivity index (χ1) is 5.36. The van der Waals surface area contributed by atoms with E-state index in [2.05, 4.69) is 23.6 Å². The zero-order valence-corrected chi connectivity index (χ0v) is 8.55. The molecule has 0 aliphatic carbocycles. The molecule has 1 atom stereocenters. The fraction of sp³-hybridized carbons (Fsp3) is 0.333. The highest BCUT2D eigenvalue weighted by atomic mass is 79.9. The van der Waals surface area contributed by atoms with E-state index in [1.807, 2.05) is 12.3 Å². The first-order valence-corrected chi connectivity index (χ1v) is 3.68. The fourth-order valence-electron chi connectivity index (χ4n) is 1.12. The molecule has 0 aromatic carbocycles. The van der Waals surface area contributed by atoms with E-state index in [1.165, 1.54) is 4.90 Å². The maximum Gasteiger partial charge on any atom is 0.157 e. The van der Waals surface area contributed by atoms with Crippen molar-refractivity contribution in [3.63, 3.8) is 0 Å². The smallest absolute Gasteiger partial charge is 0.157 e. The number of halogens is 1. The van der Waals surface area contributed by atoms with Gasteiger partial charge in [-0.05, 0) is 6.08 Å². The molecule has 1 heterocycles. The summed E-state index contributed by atoms with van der Waals surface area (Å²) in [5.74, 6) is 2.61. The lowest BCUT2D eigenvalue weighted by Crippen LogP contribution is -3.07. The number of terminal acetylenes is 1. The fourth-order valence-corrected chi connectivity index (χ4v) is 1.12. The van der Waals surface area contributed by atoms with Crippen molar-refractivity contribution in [2.24, 2.45) is 0 Å². The van der Waals surface area contributed by atoms with E-state index in [9.17, 15) is 0 Å². The van der Waals surface area contributed by atoms with Crippen LogP contribution in [0.4, 0.5) is 0 Å². The molecule has 0 radical (unpaired) electrons. The molecule has 1 aliphatic heterocycles. The van der Waals surface area contributed by atoms with Gasteiger partial charge < -0.3 is 21.9 Å². The molecule has 0 spiro atoms. The van der Waals surface area contributed by atoms with Gasteiger partial charge in [-0.1, -0.05) is 12.5 Å². The van der Waals surface area contributed by atoms with E-state index >= 15 is 0 Å². The van der Waals surface area contributed by atoms with E-state index in [0.29, 0.717) is 6.54 Å². The maximum atomic E-state index is 5.17. The molecule has 66 valence electrons. The number of nitrogens with zero attached hydrogens (tertiary/aromatic N) is 1. The Morgan fingerprint density at radius 3 is 3.08 bits per heavy atom. The molecule has 0 fully saturated rings. The van der Waals surface area contributed by atoms with Crippen LogP contribution in [0.5, 0.6) is 0 Å². The lowest BCUT2D eigenvalue weighted by Gasteiger charge is -2.12. The van der Waals surface area contributed by atoms with Crippen molar-refractivity contribution in [3.8, 4) is 12.3 Å². The van der Waals surface area contributed by atoms with Crippen LogP contribution in [0.25, 0.3) is 0 Å². The van der Waals surface area contributed by atoms with E-state index in [1.54, 1.807) is 0 Å². The molecule has 0 aromatic rings. The molecular weight excluding hydrogens is 216 g/mol. The van der Waals surface area contributed by atoms with Crippen LogP contribution in [-0.2, 0) is 0 Å². The van der Waals surface area contributed by atoms with Crippen molar-refractivity contribution in [1.29, 1.82) is 0 Å². The maximum absolute atomic E-state index is 5.17. The first kappa shape index (κ1) is 11.3. The summed E-state index contributed by atoms with van der Waals surface area (Å²) in [4.78, 5) is 3.49. The second kappa shape index (κ2) is 5.87. The Labute approximate surface area is 84.3 Å². The molecule has 0 saturated carbocycles. The first-order valence-electron chi connectivity index (χ1n) is 3.68. The minimum atomic E-state index is 0. The molecule has 1 unspecified atom stereocenters. The third-order valence-corrected chi connectivity index (χ3v) is 1.63. The lowest BCUT2D eigenvalue weighted by atomic mass is 10.5. The van der Waals surface area contributed by atoms with Gasteiger partial charge in [-0.15, -0.1) is 6.42 Å². The third-order valence-electron chi connectivity index (χ3n) is 1.63. The third kappa shape index (κ3) is 3.12. The van der Waals surface area contributed by atoms with Gasteiger partial charge in [0.2, 0.25) is 0 Å². The number of quaternary nitrogens is 1. The quantitative estimate of drug-likeness (QED) is 0.389. The normalized spacial score (nSPS) is 19.9. The summed E-state index contributed by atoms with van der Waals surface area (Å²) in [6.45, 7) is 6.33. The van der Waals surface area contributed by atoms with Crippen molar-refractivity contribution in [2.75, 3.05) is 19.8 Å². The van der Waals surface area contributed by atoms with Crippen molar-refractivity contribution in [3.05, 3.63) is 25.1 Å². The van der Waals surface area contributed by atoms with Crippen molar-refractivity contribution in [2.45, 2.75) is 0 Å². The Morgan fingerprint density at radius 1 is 1.75 bits per heavy atom. The summed E-state index contributed by atoms with van der Waals surface area (Å²) in [6, 6.07) is 0. The summed E-state index contributed by atoms with van der Waals surface area (Å²) in [5, 5.41) is 0. The van der Waals surface area contributed by atoms with Crippen molar-refractivity contribution < 1.29 is 21.9 Å². The highest BCUT2D eigenvalue weighted by Gasteiger charge is 2.13. The molecule has 0 amide bonds. The van der Waals surface area contributed by atoms with Gasteiger partial charge >= 0.3 is 0 Å². The highest BCUT2D eigenvalue weighted by Crippen LogP contribution is 1.87. The van der Waals surface area contributed by atoms with Crippen LogP contribution in [-0.4, -0.2) is 24.7 Å². The SMILES string of the molecule is C#CCN1C=C[NH+](CC=C)C1.[Br-]. The van der Waals surface area contributed by atoms with Crippen LogP contribution < -0.4 is 21.9 Å². The molecule has 1 rings (SSSR count). The van der Waals surface area contributed by atoms with E-state index in [-0.39, 0.29) is 17.0 Å². The van der Waals surface area contributed by atoms with E-state index in [0.717, 1.165) is 13.2 Å². The molecule has 1 aliphatic rings. The summed E-state index contributed by atoms with van der Waals surface area (Å²) in [6.07, 6.45) is 11.2. The van der Waals surface area contributed by atoms with Gasteiger partial charge in [-0.2, -0.15) is 0 Å². The van der Waals surface area contributed by atoms with Gasteiger partial charge in [0, 0.05) is 0 Å². The summed E-state index contributed by atoms with van der Waals surface area (Å²) >= 11 is 0. The number of hydrogen-bond donors (Lipinski definition) is 1. The Balaban J connectivity index is 0.00000121. The lowest BCUT2D eigenvalue weighted by molar-refractivity contribution is -0.842. The van der Waals surface area contributed by atoms with Crippen LogP contribution in [0, 0.1) is 12.3 Å². The molecule has 2 nitrogen and oxygen atoms in total. The van der Waals surface area contributed by atoms with Crippen LogP contribution in [0.2, 0.25) is 0 Å². The van der Waals surface area contributed by atoms with Crippen LogP contribution in [0.3, 0.4) is 0 Å². The second-order valence-electron chi connectivity index (χ2n) is 2.58. The summed E-state index contributed by atoms with van der Waals surface area (Å²) < 4.78 is 0. The van der Waals surface area contributed by atoms with Crippen LogP contribution in [0.1, 0.15) is 0 Å². The second-order valence-corrected chi connectivity index (χ2v) is 2.58. The molecule has 1 N–H and O–H groups in total. The molecular formula is C9H13BrN2. The van der Waals surface area contributed by atoms with Gasteiger partial charge in [0.1, 0.15) is 12.7 Å². The predicted octanol–water partition coefficient (Wildman–Crippen LogP) is -3.56. The Hall–Kier alpha value is -0.720. The predicted molar refractivity (Wildman–Crippen MR) is 45.6 cm³/mol. The van der Waals surface area contributed by atoms with E-state index in [4.69, 9.17) is 6.42 Å². The van der Waals surface area contributed by atoms with Gasteiger partial charge in [-0.3, -0.25) is 4.90 Å². The standard InChI is InChI=1S/C9H12N2.BrH/c1-3-5-10-7-8-11(9-10)6-4-2;/h1,4,7-8H,2,5-6,9H2;1H. The van der Waals surface area contributed by atoms with Gasteiger partial charge in [0.05, 0.1) is 12.7 Å². The number of hydrogen-bond acceptors (Lipinski definition) is 1. The minimum Gasteiger partial charge on any atom is -1.00 e. The van der Waals surface area contributed by atoms with E-state index < -0.39 is 0 Å². The Kier molecular flexibility index (Phi) is 5.52. The average molecular weight is 229 g/mol. The highest BCUT2D eigenvalue weighted by molar-refractivity contribution is 4.92. The van der Waals surface area contributed by atoms with Crippen LogP contribution >= 0.6 is 0 Å². The molecule has 0 aromatic heterocycles. The summed E-state index contributed by atoms with van der Waals surface area (Å²) in [5.41, 5.74) is 0. The van der Waals surface area contributed by atoms with Crippen molar-refractivity contribution >= 4 is 0 Å². The molecule has 0 saturated heterocycles. The summed E-state index contributed by atoms with van der Waals surface area (Å²) in [7, 11) is 0. The minimum absolute atomic E-state index is 0. The van der Waals surface area contributed by atoms with Gasteiger partial charge in [-0.25, -0.2) is 0 Å². The van der Waals surface area contributed by atoms with Crippen LogP contribution in [0.15, 0.2) is 25.1 Å². The average Bonchev–Trinajstić information content (AvgIpc) is 2.38. The molecule has 12 heavy (non-hydrogen) atoms. The topological polar surface area (TPSA) is 7.68 Å². The van der Waals surface area contributed by atoms with Crippen molar-refractivity contribution in [1.82, 2.24) is 4.90 Å². The zero-order chi connectivity index (χ0) is 8.10. The van der Waals surface area contributed by atoms with Gasteiger partial charge in [0.25, 0.3) is 0 Å². The molecule has 0 bridgehead atoms. The Bertz CT molecular complexity index is 205. The zero-order valence-electron chi connectivity index (χ0n) is 6.96. The number of rotatable bonds is 3. The largest absolute Gasteiger partial charge is 1.00 e. The Morgan fingerprint density at radius 2 is 2.50 bits per heavy atom.